The van der Waals surface area contributed by atoms with Crippen molar-refractivity contribution < 1.29 is 13.2 Å². The largest absolute Gasteiger partial charge is 0.492 e. The zero-order valence-electron chi connectivity index (χ0n) is 9.63. The molecule has 1 atom stereocenters. The van der Waals surface area contributed by atoms with Crippen LogP contribution in [0.3, 0.4) is 0 Å². The van der Waals surface area contributed by atoms with Crippen molar-refractivity contribution >= 4 is 9.84 Å². The molecular weight excluding hydrogens is 238 g/mol. The zero-order chi connectivity index (χ0) is 12.1. The van der Waals surface area contributed by atoms with E-state index in [0.717, 1.165) is 5.75 Å². The average molecular weight is 255 g/mol. The summed E-state index contributed by atoms with van der Waals surface area (Å²) in [5, 5.41) is 3.20. The Morgan fingerprint density at radius 3 is 2.71 bits per heavy atom. The lowest BCUT2D eigenvalue weighted by Crippen LogP contribution is -2.33. The second-order valence-corrected chi connectivity index (χ2v) is 6.44. The van der Waals surface area contributed by atoms with Gasteiger partial charge in [0.2, 0.25) is 0 Å². The molecule has 0 saturated carbocycles. The predicted molar refractivity (Wildman–Crippen MR) is 67.0 cm³/mol. The summed E-state index contributed by atoms with van der Waals surface area (Å²) in [7, 11) is -2.79. The van der Waals surface area contributed by atoms with E-state index in [1.54, 1.807) is 0 Å². The van der Waals surface area contributed by atoms with E-state index in [2.05, 4.69) is 5.32 Å². The second kappa shape index (κ2) is 5.51. The van der Waals surface area contributed by atoms with Gasteiger partial charge in [-0.25, -0.2) is 8.42 Å². The lowest BCUT2D eigenvalue weighted by atomic mass is 10.3. The Labute approximate surface area is 102 Å². The van der Waals surface area contributed by atoms with Crippen LogP contribution < -0.4 is 10.1 Å². The summed E-state index contributed by atoms with van der Waals surface area (Å²) in [6.45, 7) is 1.23. The molecule has 0 spiro atoms. The van der Waals surface area contributed by atoms with Crippen molar-refractivity contribution in [3.05, 3.63) is 30.3 Å². The molecule has 0 amide bonds. The van der Waals surface area contributed by atoms with E-state index in [1.807, 2.05) is 30.3 Å². The molecule has 2 rings (SSSR count). The molecule has 1 unspecified atom stereocenters. The number of ether oxygens (including phenoxy) is 1. The van der Waals surface area contributed by atoms with Crippen molar-refractivity contribution in [3.63, 3.8) is 0 Å². The van der Waals surface area contributed by atoms with Gasteiger partial charge in [-0.2, -0.15) is 0 Å². The summed E-state index contributed by atoms with van der Waals surface area (Å²) in [6, 6.07) is 9.69. The fourth-order valence-corrected chi connectivity index (χ4v) is 3.61. The predicted octanol–water partition coefficient (Wildman–Crippen LogP) is 0.842. The van der Waals surface area contributed by atoms with Gasteiger partial charge in [0.1, 0.15) is 12.4 Å². The highest BCUT2D eigenvalue weighted by Crippen LogP contribution is 2.11. The first-order chi connectivity index (χ1) is 8.16. The molecule has 4 nitrogen and oxygen atoms in total. The Morgan fingerprint density at radius 2 is 2.06 bits per heavy atom. The van der Waals surface area contributed by atoms with Crippen LogP contribution in [0.2, 0.25) is 0 Å². The summed E-state index contributed by atoms with van der Waals surface area (Å²) in [5.41, 5.74) is 0. The Morgan fingerprint density at radius 1 is 1.29 bits per heavy atom. The van der Waals surface area contributed by atoms with Crippen LogP contribution in [0.4, 0.5) is 0 Å². The molecule has 0 aliphatic carbocycles. The van der Waals surface area contributed by atoms with Crippen LogP contribution in [-0.2, 0) is 9.84 Å². The topological polar surface area (TPSA) is 55.4 Å². The van der Waals surface area contributed by atoms with Crippen LogP contribution in [0.1, 0.15) is 6.42 Å². The summed E-state index contributed by atoms with van der Waals surface area (Å²) in [4.78, 5) is 0. The Hall–Kier alpha value is -1.07. The van der Waals surface area contributed by atoms with Gasteiger partial charge < -0.3 is 10.1 Å². The van der Waals surface area contributed by atoms with Crippen molar-refractivity contribution in [2.45, 2.75) is 12.5 Å². The molecule has 0 radical (unpaired) electrons. The van der Waals surface area contributed by atoms with E-state index >= 15 is 0 Å². The molecule has 1 heterocycles. The van der Waals surface area contributed by atoms with E-state index in [-0.39, 0.29) is 11.8 Å². The van der Waals surface area contributed by atoms with E-state index in [1.165, 1.54) is 0 Å². The van der Waals surface area contributed by atoms with Crippen LogP contribution in [0, 0.1) is 0 Å². The molecule has 1 aliphatic heterocycles. The molecule has 1 aliphatic rings. The van der Waals surface area contributed by atoms with Gasteiger partial charge in [-0.3, -0.25) is 0 Å². The van der Waals surface area contributed by atoms with Crippen molar-refractivity contribution in [1.82, 2.24) is 5.32 Å². The number of hydrogen-bond donors (Lipinski definition) is 1. The van der Waals surface area contributed by atoms with Crippen molar-refractivity contribution in [3.8, 4) is 5.75 Å². The fourth-order valence-electron chi connectivity index (χ4n) is 1.90. The third kappa shape index (κ3) is 4.02. The minimum Gasteiger partial charge on any atom is -0.492 e. The Kier molecular flexibility index (Phi) is 4.02. The monoisotopic (exact) mass is 255 g/mol. The summed E-state index contributed by atoms with van der Waals surface area (Å²) in [6.07, 6.45) is 0.716. The number of hydrogen-bond acceptors (Lipinski definition) is 4. The molecule has 1 fully saturated rings. The van der Waals surface area contributed by atoms with Gasteiger partial charge in [0, 0.05) is 12.6 Å². The standard InChI is InChI=1S/C12H17NO3S/c14-17(15)9-6-11(10-17)13-7-8-16-12-4-2-1-3-5-12/h1-5,11,13H,6-10H2. The highest BCUT2D eigenvalue weighted by atomic mass is 32.2. The minimum atomic E-state index is -2.79. The third-order valence-electron chi connectivity index (χ3n) is 2.78. The number of sulfone groups is 1. The third-order valence-corrected chi connectivity index (χ3v) is 4.55. The summed E-state index contributed by atoms with van der Waals surface area (Å²) in [5.74, 6) is 1.41. The first-order valence-corrected chi connectivity index (χ1v) is 7.59. The van der Waals surface area contributed by atoms with Crippen LogP contribution in [0.25, 0.3) is 0 Å². The van der Waals surface area contributed by atoms with E-state index in [4.69, 9.17) is 4.74 Å². The highest BCUT2D eigenvalue weighted by Gasteiger charge is 2.26. The number of nitrogens with one attached hydrogen (secondary N) is 1. The van der Waals surface area contributed by atoms with E-state index in [0.29, 0.717) is 25.3 Å². The van der Waals surface area contributed by atoms with Gasteiger partial charge in [0.15, 0.2) is 9.84 Å². The molecular formula is C12H17NO3S. The molecule has 1 aromatic carbocycles. The van der Waals surface area contributed by atoms with E-state index < -0.39 is 9.84 Å². The minimum absolute atomic E-state index is 0.0966. The van der Waals surface area contributed by atoms with Crippen LogP contribution in [0.15, 0.2) is 30.3 Å². The number of para-hydroxylation sites is 1. The van der Waals surface area contributed by atoms with Crippen LogP contribution in [-0.4, -0.2) is 39.1 Å². The maximum Gasteiger partial charge on any atom is 0.151 e. The van der Waals surface area contributed by atoms with Gasteiger partial charge >= 0.3 is 0 Å². The first-order valence-electron chi connectivity index (χ1n) is 5.77. The maximum atomic E-state index is 11.2. The van der Waals surface area contributed by atoms with Crippen molar-refractivity contribution in [2.24, 2.45) is 0 Å². The highest BCUT2D eigenvalue weighted by molar-refractivity contribution is 7.91. The maximum absolute atomic E-state index is 11.2. The van der Waals surface area contributed by atoms with Gasteiger partial charge in [-0.1, -0.05) is 18.2 Å². The van der Waals surface area contributed by atoms with Crippen LogP contribution >= 0.6 is 0 Å². The normalized spacial score (nSPS) is 22.5. The number of rotatable bonds is 5. The first kappa shape index (κ1) is 12.4. The van der Waals surface area contributed by atoms with Gasteiger partial charge in [0.05, 0.1) is 11.5 Å². The average Bonchev–Trinajstić information content (AvgIpc) is 2.66. The molecule has 1 saturated heterocycles. The van der Waals surface area contributed by atoms with Gasteiger partial charge in [0.25, 0.3) is 0 Å². The van der Waals surface area contributed by atoms with Crippen molar-refractivity contribution in [2.75, 3.05) is 24.7 Å². The Balaban J connectivity index is 1.64. The van der Waals surface area contributed by atoms with Gasteiger partial charge in [-0.05, 0) is 18.6 Å². The molecule has 5 heteroatoms. The second-order valence-electron chi connectivity index (χ2n) is 4.22. The Bertz CT molecular complexity index is 444. The summed E-state index contributed by atoms with van der Waals surface area (Å²) >= 11 is 0. The molecule has 0 aromatic heterocycles. The SMILES string of the molecule is O=S1(=O)CCC(NCCOc2ccccc2)C1. The molecule has 1 N–H and O–H groups in total. The molecule has 1 aromatic rings. The summed E-state index contributed by atoms with van der Waals surface area (Å²) < 4.78 is 28.0. The lowest BCUT2D eigenvalue weighted by Gasteiger charge is -2.11. The fraction of sp³-hybridized carbons (Fsp3) is 0.500. The van der Waals surface area contributed by atoms with Crippen molar-refractivity contribution in [1.29, 1.82) is 0 Å². The lowest BCUT2D eigenvalue weighted by molar-refractivity contribution is 0.307. The van der Waals surface area contributed by atoms with E-state index in [9.17, 15) is 8.42 Å². The van der Waals surface area contributed by atoms with Gasteiger partial charge in [-0.15, -0.1) is 0 Å². The molecule has 0 bridgehead atoms. The smallest absolute Gasteiger partial charge is 0.151 e. The number of benzene rings is 1. The molecule has 17 heavy (non-hydrogen) atoms. The van der Waals surface area contributed by atoms with Crippen LogP contribution in [0.5, 0.6) is 5.75 Å². The molecule has 94 valence electrons. The quantitative estimate of drug-likeness (QED) is 0.792. The zero-order valence-corrected chi connectivity index (χ0v) is 10.4.